The number of carbonyl (C=O) groups excluding carboxylic acids is 1. The highest BCUT2D eigenvalue weighted by atomic mass is 16.5. The van der Waals surface area contributed by atoms with Crippen LogP contribution in [0.1, 0.15) is 19.4 Å². The van der Waals surface area contributed by atoms with Gasteiger partial charge < -0.3 is 20.5 Å². The van der Waals surface area contributed by atoms with Gasteiger partial charge in [0.25, 0.3) is 0 Å². The monoisotopic (exact) mass is 266 g/mol. The Morgan fingerprint density at radius 2 is 2.00 bits per heavy atom. The smallest absolute Gasteiger partial charge is 0.234 e. The number of hydrogen-bond donors (Lipinski definition) is 2. The first-order valence-electron chi connectivity index (χ1n) is 6.23. The molecule has 3 N–H and O–H groups in total. The van der Waals surface area contributed by atoms with E-state index < -0.39 is 0 Å². The van der Waals surface area contributed by atoms with Crippen molar-refractivity contribution in [3.05, 3.63) is 23.8 Å². The summed E-state index contributed by atoms with van der Waals surface area (Å²) in [4.78, 5) is 11.3. The summed E-state index contributed by atoms with van der Waals surface area (Å²) < 4.78 is 10.6. The third-order valence-electron chi connectivity index (χ3n) is 2.97. The molecular weight excluding hydrogens is 244 g/mol. The molecule has 0 heterocycles. The molecule has 0 bridgehead atoms. The van der Waals surface area contributed by atoms with E-state index in [2.05, 4.69) is 5.32 Å². The lowest BCUT2D eigenvalue weighted by molar-refractivity contribution is -0.121. The van der Waals surface area contributed by atoms with Crippen LogP contribution in [0.15, 0.2) is 18.2 Å². The van der Waals surface area contributed by atoms with Crippen molar-refractivity contribution in [1.29, 1.82) is 0 Å². The number of primary amides is 1. The second-order valence-electron chi connectivity index (χ2n) is 4.66. The van der Waals surface area contributed by atoms with Crippen LogP contribution in [0.3, 0.4) is 0 Å². The van der Waals surface area contributed by atoms with Gasteiger partial charge in [0.1, 0.15) is 0 Å². The zero-order valence-corrected chi connectivity index (χ0v) is 11.9. The van der Waals surface area contributed by atoms with Crippen molar-refractivity contribution < 1.29 is 14.3 Å². The summed E-state index contributed by atoms with van der Waals surface area (Å²) in [6, 6.07) is 5.27. The van der Waals surface area contributed by atoms with Crippen LogP contribution in [0.25, 0.3) is 0 Å². The molecule has 1 rings (SSSR count). The molecule has 0 fully saturated rings. The fraction of sp³-hybridized carbons (Fsp3) is 0.500. The number of amides is 1. The topological polar surface area (TPSA) is 73.6 Å². The second-order valence-corrected chi connectivity index (χ2v) is 4.66. The number of benzene rings is 1. The first kappa shape index (κ1) is 15.3. The number of carbonyl (C=O) groups is 1. The molecule has 0 saturated heterocycles. The van der Waals surface area contributed by atoms with Crippen LogP contribution in [0, 0.1) is 5.92 Å². The normalized spacial score (nSPS) is 12.3. The standard InChI is InChI=1S/C14H22N2O3/c1-9(2)12(14(15)17)16-8-10-6-5-7-11(18-3)13(10)19-4/h5-7,9,12,16H,8H2,1-4H3,(H2,15,17). The van der Waals surface area contributed by atoms with Crippen LogP contribution in [0.4, 0.5) is 0 Å². The fourth-order valence-electron chi connectivity index (χ4n) is 1.98. The molecule has 0 saturated carbocycles. The number of methoxy groups -OCH3 is 2. The van der Waals surface area contributed by atoms with E-state index in [9.17, 15) is 4.79 Å². The van der Waals surface area contributed by atoms with E-state index in [0.29, 0.717) is 18.0 Å². The SMILES string of the molecule is COc1cccc(CNC(C(N)=O)C(C)C)c1OC. The van der Waals surface area contributed by atoms with E-state index in [-0.39, 0.29) is 17.9 Å². The molecule has 1 unspecified atom stereocenters. The number of nitrogens with one attached hydrogen (secondary N) is 1. The van der Waals surface area contributed by atoms with Crippen molar-refractivity contribution in [2.75, 3.05) is 14.2 Å². The predicted octanol–water partition coefficient (Wildman–Crippen LogP) is 1.30. The van der Waals surface area contributed by atoms with E-state index in [1.807, 2.05) is 32.0 Å². The minimum atomic E-state index is -0.365. The highest BCUT2D eigenvalue weighted by Crippen LogP contribution is 2.30. The molecule has 0 radical (unpaired) electrons. The maximum Gasteiger partial charge on any atom is 0.234 e. The Morgan fingerprint density at radius 1 is 1.32 bits per heavy atom. The summed E-state index contributed by atoms with van der Waals surface area (Å²) >= 11 is 0. The molecule has 106 valence electrons. The minimum absolute atomic E-state index is 0.133. The van der Waals surface area contributed by atoms with Gasteiger partial charge in [-0.05, 0) is 12.0 Å². The molecule has 19 heavy (non-hydrogen) atoms. The number of hydrogen-bond acceptors (Lipinski definition) is 4. The van der Waals surface area contributed by atoms with Crippen molar-refractivity contribution >= 4 is 5.91 Å². The Hall–Kier alpha value is -1.75. The lowest BCUT2D eigenvalue weighted by Crippen LogP contribution is -2.44. The number of rotatable bonds is 7. The molecule has 1 amide bonds. The van der Waals surface area contributed by atoms with E-state index in [4.69, 9.17) is 15.2 Å². The highest BCUT2D eigenvalue weighted by molar-refractivity contribution is 5.80. The molecule has 1 aromatic rings. The highest BCUT2D eigenvalue weighted by Gasteiger charge is 2.19. The van der Waals surface area contributed by atoms with Gasteiger partial charge in [0, 0.05) is 12.1 Å². The van der Waals surface area contributed by atoms with Gasteiger partial charge in [-0.25, -0.2) is 0 Å². The molecule has 0 aromatic heterocycles. The Balaban J connectivity index is 2.85. The average molecular weight is 266 g/mol. The first-order valence-corrected chi connectivity index (χ1v) is 6.23. The largest absolute Gasteiger partial charge is 0.493 e. The predicted molar refractivity (Wildman–Crippen MR) is 74.2 cm³/mol. The Bertz CT molecular complexity index is 433. The maximum absolute atomic E-state index is 11.3. The van der Waals surface area contributed by atoms with Crippen molar-refractivity contribution in [3.63, 3.8) is 0 Å². The molecule has 1 aromatic carbocycles. The van der Waals surface area contributed by atoms with Crippen LogP contribution in [-0.4, -0.2) is 26.2 Å². The molecule has 0 aliphatic heterocycles. The van der Waals surface area contributed by atoms with Gasteiger partial charge in [0.05, 0.1) is 20.3 Å². The Labute approximate surface area is 114 Å². The second kappa shape index (κ2) is 6.99. The van der Waals surface area contributed by atoms with E-state index in [1.54, 1.807) is 14.2 Å². The van der Waals surface area contributed by atoms with Crippen molar-refractivity contribution in [3.8, 4) is 11.5 Å². The van der Waals surface area contributed by atoms with Gasteiger partial charge in [0.15, 0.2) is 11.5 Å². The van der Waals surface area contributed by atoms with Crippen LogP contribution in [-0.2, 0) is 11.3 Å². The van der Waals surface area contributed by atoms with Gasteiger partial charge in [-0.15, -0.1) is 0 Å². The minimum Gasteiger partial charge on any atom is -0.493 e. The van der Waals surface area contributed by atoms with E-state index in [1.165, 1.54) is 0 Å². The zero-order chi connectivity index (χ0) is 14.4. The van der Waals surface area contributed by atoms with Crippen molar-refractivity contribution in [2.45, 2.75) is 26.4 Å². The fourth-order valence-corrected chi connectivity index (χ4v) is 1.98. The molecule has 0 aliphatic carbocycles. The van der Waals surface area contributed by atoms with Gasteiger partial charge in [0.2, 0.25) is 5.91 Å². The summed E-state index contributed by atoms with van der Waals surface area (Å²) in [5.41, 5.74) is 6.30. The van der Waals surface area contributed by atoms with Crippen LogP contribution >= 0.6 is 0 Å². The quantitative estimate of drug-likeness (QED) is 0.780. The van der Waals surface area contributed by atoms with Gasteiger partial charge >= 0.3 is 0 Å². The number of ether oxygens (including phenoxy) is 2. The van der Waals surface area contributed by atoms with Crippen molar-refractivity contribution in [1.82, 2.24) is 5.32 Å². The lowest BCUT2D eigenvalue weighted by Gasteiger charge is -2.20. The average Bonchev–Trinajstić information content (AvgIpc) is 2.37. The summed E-state index contributed by atoms with van der Waals surface area (Å²) in [7, 11) is 3.19. The summed E-state index contributed by atoms with van der Waals surface area (Å²) in [6.45, 7) is 4.39. The number of nitrogens with two attached hydrogens (primary N) is 1. The van der Waals surface area contributed by atoms with Gasteiger partial charge in [-0.3, -0.25) is 4.79 Å². The van der Waals surface area contributed by atoms with Crippen LogP contribution < -0.4 is 20.5 Å². The lowest BCUT2D eigenvalue weighted by atomic mass is 10.0. The molecule has 5 heteroatoms. The molecule has 1 atom stereocenters. The van der Waals surface area contributed by atoms with E-state index >= 15 is 0 Å². The molecule has 0 spiro atoms. The molecule has 5 nitrogen and oxygen atoms in total. The van der Waals surface area contributed by atoms with Crippen molar-refractivity contribution in [2.24, 2.45) is 11.7 Å². The Morgan fingerprint density at radius 3 is 2.47 bits per heavy atom. The van der Waals surface area contributed by atoms with E-state index in [0.717, 1.165) is 5.56 Å². The maximum atomic E-state index is 11.3. The van der Waals surface area contributed by atoms with Crippen LogP contribution in [0.5, 0.6) is 11.5 Å². The molecular formula is C14H22N2O3. The summed E-state index contributed by atoms with van der Waals surface area (Å²) in [6.07, 6.45) is 0. The van der Waals surface area contributed by atoms with Gasteiger partial charge in [-0.2, -0.15) is 0 Å². The third-order valence-corrected chi connectivity index (χ3v) is 2.97. The number of para-hydroxylation sites is 1. The third kappa shape index (κ3) is 3.86. The summed E-state index contributed by atoms with van der Waals surface area (Å²) in [5.74, 6) is 1.12. The first-order chi connectivity index (χ1) is 9.01. The van der Waals surface area contributed by atoms with Crippen LogP contribution in [0.2, 0.25) is 0 Å². The Kier molecular flexibility index (Phi) is 5.63. The summed E-state index contributed by atoms with van der Waals surface area (Å²) in [5, 5.41) is 3.15. The molecule has 0 aliphatic rings. The van der Waals surface area contributed by atoms with Gasteiger partial charge in [-0.1, -0.05) is 26.0 Å². The zero-order valence-electron chi connectivity index (χ0n) is 11.9.